The van der Waals surface area contributed by atoms with Crippen molar-refractivity contribution >= 4 is 61.8 Å². The number of amides is 1. The van der Waals surface area contributed by atoms with Crippen LogP contribution >= 0.6 is 38.9 Å². The number of thiazole rings is 1. The van der Waals surface area contributed by atoms with Crippen LogP contribution < -0.4 is 15.5 Å². The summed E-state index contributed by atoms with van der Waals surface area (Å²) in [5.74, 6) is 0.168. The molecular weight excluding hydrogens is 605 g/mol. The monoisotopic (exact) mass is 622 g/mol. The molecule has 12 heteroatoms. The van der Waals surface area contributed by atoms with Crippen LogP contribution in [0.3, 0.4) is 0 Å². The van der Waals surface area contributed by atoms with E-state index in [9.17, 15) is 18.0 Å². The quantitative estimate of drug-likeness (QED) is 0.149. The van der Waals surface area contributed by atoms with Crippen molar-refractivity contribution in [3.63, 3.8) is 0 Å². The van der Waals surface area contributed by atoms with Gasteiger partial charge >= 0.3 is 6.18 Å². The Bertz CT molecular complexity index is 1450. The number of alkyl halides is 3. The number of aromatic nitrogens is 1. The van der Waals surface area contributed by atoms with E-state index in [1.807, 2.05) is 18.2 Å². The van der Waals surface area contributed by atoms with Crippen molar-refractivity contribution in [2.45, 2.75) is 19.2 Å². The summed E-state index contributed by atoms with van der Waals surface area (Å²) in [6.07, 6.45) is -3.03. The maximum Gasteiger partial charge on any atom is 0.416 e. The van der Waals surface area contributed by atoms with Gasteiger partial charge in [-0.25, -0.2) is 10.4 Å². The molecule has 0 spiro atoms. The number of nitrogens with one attached hydrogen (secondary N) is 2. The van der Waals surface area contributed by atoms with Gasteiger partial charge < -0.3 is 10.1 Å². The van der Waals surface area contributed by atoms with Crippen LogP contribution in [-0.2, 0) is 24.0 Å². The lowest BCUT2D eigenvalue weighted by atomic mass is 10.2. The molecule has 4 rings (SSSR count). The van der Waals surface area contributed by atoms with Gasteiger partial charge in [-0.2, -0.15) is 18.3 Å². The van der Waals surface area contributed by atoms with Gasteiger partial charge in [-0.05, 0) is 54.1 Å². The molecule has 0 aliphatic carbocycles. The molecule has 0 saturated carbocycles. The highest BCUT2D eigenvalue weighted by Gasteiger charge is 2.30. The van der Waals surface area contributed by atoms with Gasteiger partial charge in [0.25, 0.3) is 0 Å². The van der Waals surface area contributed by atoms with Crippen molar-refractivity contribution in [3.05, 3.63) is 104 Å². The molecule has 38 heavy (non-hydrogen) atoms. The molecule has 196 valence electrons. The zero-order chi connectivity index (χ0) is 27.1. The zero-order valence-electron chi connectivity index (χ0n) is 19.4. The highest BCUT2D eigenvalue weighted by atomic mass is 79.9. The number of benzene rings is 3. The van der Waals surface area contributed by atoms with Crippen LogP contribution in [0.5, 0.6) is 5.75 Å². The van der Waals surface area contributed by atoms with Gasteiger partial charge in [0.1, 0.15) is 12.4 Å². The number of ether oxygens (including phenoxy) is 1. The average molecular weight is 624 g/mol. The third-order valence-electron chi connectivity index (χ3n) is 5.01. The molecule has 6 nitrogen and oxygen atoms in total. The van der Waals surface area contributed by atoms with E-state index in [1.54, 1.807) is 29.6 Å². The number of anilines is 2. The van der Waals surface area contributed by atoms with E-state index in [0.29, 0.717) is 33.8 Å². The standard InChI is InChI=1S/C26H19BrClF3N4O2S/c27-19-6-9-23(37-14-16-4-7-20(28)8-5-16)17(10-19)13-32-35-24(36)12-22-15-38-25(34-22)33-21-3-1-2-18(11-21)26(29,30)31/h1-11,13,15H,12,14H2,(H,33,34)(H,35,36)/b32-13-. The first-order chi connectivity index (χ1) is 18.2. The van der Waals surface area contributed by atoms with E-state index in [-0.39, 0.29) is 12.1 Å². The summed E-state index contributed by atoms with van der Waals surface area (Å²) in [4.78, 5) is 16.6. The Hall–Kier alpha value is -3.41. The Balaban J connectivity index is 1.32. The molecular formula is C26H19BrClF3N4O2S. The first-order valence-corrected chi connectivity index (χ1v) is 13.1. The number of nitrogens with zero attached hydrogens (tertiary/aromatic N) is 2. The second-order valence-corrected chi connectivity index (χ2v) is 10.1. The third-order valence-corrected chi connectivity index (χ3v) is 6.56. The molecule has 0 atom stereocenters. The van der Waals surface area contributed by atoms with Crippen LogP contribution in [0.4, 0.5) is 24.0 Å². The molecule has 0 radical (unpaired) electrons. The van der Waals surface area contributed by atoms with Gasteiger partial charge in [-0.3, -0.25) is 4.79 Å². The second kappa shape index (κ2) is 12.4. The van der Waals surface area contributed by atoms with Crippen molar-refractivity contribution in [2.75, 3.05) is 5.32 Å². The summed E-state index contributed by atoms with van der Waals surface area (Å²) in [5, 5.41) is 9.52. The van der Waals surface area contributed by atoms with Crippen molar-refractivity contribution in [3.8, 4) is 5.75 Å². The molecule has 2 N–H and O–H groups in total. The molecule has 0 fully saturated rings. The van der Waals surface area contributed by atoms with Crippen molar-refractivity contribution in [1.29, 1.82) is 0 Å². The van der Waals surface area contributed by atoms with E-state index in [2.05, 4.69) is 36.8 Å². The van der Waals surface area contributed by atoms with Crippen LogP contribution in [0, 0.1) is 0 Å². The summed E-state index contributed by atoms with van der Waals surface area (Å²) in [6.45, 7) is 0.326. The Kier molecular flexibility index (Phi) is 9.03. The number of halogens is 5. The average Bonchev–Trinajstić information content (AvgIpc) is 3.30. The number of carbonyl (C=O) groups is 1. The number of hydrazone groups is 1. The summed E-state index contributed by atoms with van der Waals surface area (Å²) in [7, 11) is 0. The molecule has 0 bridgehead atoms. The van der Waals surface area contributed by atoms with Crippen molar-refractivity contribution in [2.24, 2.45) is 5.10 Å². The fourth-order valence-corrected chi connectivity index (χ4v) is 4.45. The SMILES string of the molecule is O=C(Cc1csc(Nc2cccc(C(F)(F)F)c2)n1)N/N=C\c1cc(Br)ccc1OCc1ccc(Cl)cc1. The lowest BCUT2D eigenvalue weighted by Crippen LogP contribution is -2.20. The van der Waals surface area contributed by atoms with E-state index >= 15 is 0 Å². The van der Waals surface area contributed by atoms with Crippen molar-refractivity contribution < 1.29 is 22.7 Å². The van der Waals surface area contributed by atoms with E-state index in [1.165, 1.54) is 29.7 Å². The van der Waals surface area contributed by atoms with Crippen LogP contribution in [0.15, 0.2) is 81.7 Å². The molecule has 0 unspecified atom stereocenters. The number of hydrogen-bond donors (Lipinski definition) is 2. The first-order valence-electron chi connectivity index (χ1n) is 11.0. The molecule has 1 heterocycles. The number of hydrogen-bond acceptors (Lipinski definition) is 6. The highest BCUT2D eigenvalue weighted by Crippen LogP contribution is 2.32. The van der Waals surface area contributed by atoms with E-state index < -0.39 is 17.6 Å². The molecule has 0 saturated heterocycles. The van der Waals surface area contributed by atoms with Crippen LogP contribution in [-0.4, -0.2) is 17.1 Å². The molecule has 0 aliphatic rings. The fourth-order valence-electron chi connectivity index (χ4n) is 3.21. The normalized spacial score (nSPS) is 11.5. The number of rotatable bonds is 9. The predicted molar refractivity (Wildman–Crippen MR) is 146 cm³/mol. The van der Waals surface area contributed by atoms with Gasteiger partial charge in [-0.1, -0.05) is 45.7 Å². The Labute approximate surface area is 233 Å². The van der Waals surface area contributed by atoms with Crippen LogP contribution in [0.2, 0.25) is 5.02 Å². The Morgan fingerprint density at radius 1 is 1.13 bits per heavy atom. The predicted octanol–water partition coefficient (Wildman–Crippen LogP) is 7.59. The zero-order valence-corrected chi connectivity index (χ0v) is 22.6. The molecule has 1 amide bonds. The topological polar surface area (TPSA) is 75.6 Å². The van der Waals surface area contributed by atoms with Crippen LogP contribution in [0.1, 0.15) is 22.4 Å². The summed E-state index contributed by atoms with van der Waals surface area (Å²) < 4.78 is 45.5. The Morgan fingerprint density at radius 2 is 1.92 bits per heavy atom. The van der Waals surface area contributed by atoms with Crippen molar-refractivity contribution in [1.82, 2.24) is 10.4 Å². The Morgan fingerprint density at radius 3 is 2.68 bits per heavy atom. The summed E-state index contributed by atoms with van der Waals surface area (Å²) >= 11 is 10.5. The van der Waals surface area contributed by atoms with Gasteiger partial charge in [0, 0.05) is 26.1 Å². The molecule has 0 aliphatic heterocycles. The molecule has 3 aromatic carbocycles. The second-order valence-electron chi connectivity index (χ2n) is 7.91. The van der Waals surface area contributed by atoms with E-state index in [0.717, 1.165) is 22.2 Å². The van der Waals surface area contributed by atoms with E-state index in [4.69, 9.17) is 16.3 Å². The molecule has 4 aromatic rings. The van der Waals surface area contributed by atoms with Gasteiger partial charge in [-0.15, -0.1) is 11.3 Å². The largest absolute Gasteiger partial charge is 0.488 e. The minimum atomic E-state index is -4.44. The smallest absolute Gasteiger partial charge is 0.416 e. The summed E-state index contributed by atoms with van der Waals surface area (Å²) in [6, 6.07) is 17.5. The minimum Gasteiger partial charge on any atom is -0.488 e. The highest BCUT2D eigenvalue weighted by molar-refractivity contribution is 9.10. The lowest BCUT2D eigenvalue weighted by Gasteiger charge is -2.10. The number of carbonyl (C=O) groups excluding carboxylic acids is 1. The fraction of sp³-hybridized carbons (Fsp3) is 0.115. The lowest BCUT2D eigenvalue weighted by molar-refractivity contribution is -0.137. The first kappa shape index (κ1) is 27.6. The summed E-state index contributed by atoms with van der Waals surface area (Å²) in [5.41, 5.74) is 3.98. The third kappa shape index (κ3) is 8.04. The molecule has 1 aromatic heterocycles. The minimum absolute atomic E-state index is 0.0590. The van der Waals surface area contributed by atoms with Crippen LogP contribution in [0.25, 0.3) is 0 Å². The van der Waals surface area contributed by atoms with Gasteiger partial charge in [0.05, 0.1) is 23.9 Å². The van der Waals surface area contributed by atoms with Gasteiger partial charge in [0.2, 0.25) is 5.91 Å². The maximum absolute atomic E-state index is 12.9. The maximum atomic E-state index is 12.9. The van der Waals surface area contributed by atoms with Gasteiger partial charge in [0.15, 0.2) is 5.13 Å².